The van der Waals surface area contributed by atoms with Gasteiger partial charge in [0.25, 0.3) is 0 Å². The molecule has 2 rings (SSSR count). The molecule has 0 amide bonds. The van der Waals surface area contributed by atoms with Gasteiger partial charge in [0.1, 0.15) is 0 Å². The van der Waals surface area contributed by atoms with E-state index in [-0.39, 0.29) is 0 Å². The molecule has 1 aromatic heterocycles. The van der Waals surface area contributed by atoms with Crippen molar-refractivity contribution in [2.24, 2.45) is 7.05 Å². The van der Waals surface area contributed by atoms with Gasteiger partial charge in [0.2, 0.25) is 0 Å². The van der Waals surface area contributed by atoms with Gasteiger partial charge >= 0.3 is 0 Å². The molecule has 1 atom stereocenters. The summed E-state index contributed by atoms with van der Waals surface area (Å²) in [6, 6.07) is 6.56. The Morgan fingerprint density at radius 1 is 1.33 bits per heavy atom. The van der Waals surface area contributed by atoms with Crippen molar-refractivity contribution in [3.8, 4) is 0 Å². The molecule has 0 spiro atoms. The minimum absolute atomic E-state index is 1.03. The molecule has 78 valence electrons. The molecule has 0 saturated heterocycles. The number of rotatable bonds is 1. The first-order valence-corrected chi connectivity index (χ1v) is 5.60. The van der Waals surface area contributed by atoms with Crippen molar-refractivity contribution < 1.29 is 0 Å². The van der Waals surface area contributed by atoms with Crippen molar-refractivity contribution in [3.05, 3.63) is 41.6 Å². The molecule has 0 aliphatic carbocycles. The van der Waals surface area contributed by atoms with Crippen LogP contribution in [0.1, 0.15) is 16.8 Å². The summed E-state index contributed by atoms with van der Waals surface area (Å²) in [6.07, 6.45) is 0. The van der Waals surface area contributed by atoms with E-state index in [0.29, 0.717) is 0 Å². The summed E-state index contributed by atoms with van der Waals surface area (Å²) in [5, 5.41) is 2.36. The van der Waals surface area contributed by atoms with Crippen molar-refractivity contribution in [2.45, 2.75) is 13.8 Å². The number of benzene rings is 1. The second kappa shape index (κ2) is 3.50. The second-order valence-corrected chi connectivity index (χ2v) is 4.75. The zero-order valence-electron chi connectivity index (χ0n) is 9.46. The van der Waals surface area contributed by atoms with Gasteiger partial charge in [0.05, 0.1) is 0 Å². The largest absolute Gasteiger partial charge is 0.344 e. The zero-order chi connectivity index (χ0) is 11.2. The van der Waals surface area contributed by atoms with E-state index in [1.807, 2.05) is 0 Å². The lowest BCUT2D eigenvalue weighted by Crippen LogP contribution is -1.91. The molecule has 0 saturated carbocycles. The van der Waals surface area contributed by atoms with Crippen molar-refractivity contribution in [1.82, 2.24) is 4.57 Å². The highest BCUT2D eigenvalue weighted by Crippen LogP contribution is 2.29. The van der Waals surface area contributed by atoms with Gasteiger partial charge in [-0.3, -0.25) is 0 Å². The molecule has 0 fully saturated rings. The Kier molecular flexibility index (Phi) is 2.44. The minimum Gasteiger partial charge on any atom is -0.344 e. The van der Waals surface area contributed by atoms with Crippen LogP contribution >= 0.6 is 9.24 Å². The number of hydrogen-bond acceptors (Lipinski definition) is 0. The maximum atomic E-state index is 3.98. The molecule has 0 N–H and O–H groups in total. The molecule has 15 heavy (non-hydrogen) atoms. The fraction of sp³-hybridized carbons (Fsp3) is 0.231. The van der Waals surface area contributed by atoms with E-state index in [9.17, 15) is 0 Å². The number of aromatic nitrogens is 1. The standard InChI is InChI=1S/C13H16NP/c1-8-5-6-12-11(9(8)2)7-13(10(3)15)14(12)4/h5-7H,3,15H2,1-2,4H3. The van der Waals surface area contributed by atoms with Gasteiger partial charge in [0, 0.05) is 23.6 Å². The molecule has 1 unspecified atom stereocenters. The quantitative estimate of drug-likeness (QED) is 0.643. The summed E-state index contributed by atoms with van der Waals surface area (Å²) in [4.78, 5) is 0. The maximum absolute atomic E-state index is 3.98. The van der Waals surface area contributed by atoms with Crippen LogP contribution in [0, 0.1) is 13.8 Å². The third-order valence-electron chi connectivity index (χ3n) is 3.10. The summed E-state index contributed by atoms with van der Waals surface area (Å²) >= 11 is 0. The van der Waals surface area contributed by atoms with Gasteiger partial charge in [0.15, 0.2) is 0 Å². The predicted octanol–water partition coefficient (Wildman–Crippen LogP) is 3.64. The Labute approximate surface area is 93.0 Å². The lowest BCUT2D eigenvalue weighted by atomic mass is 10.1. The molecule has 1 heterocycles. The van der Waals surface area contributed by atoms with Crippen LogP contribution in [0.3, 0.4) is 0 Å². The number of aryl methyl sites for hydroxylation is 3. The monoisotopic (exact) mass is 217 g/mol. The van der Waals surface area contributed by atoms with Gasteiger partial charge in [-0.25, -0.2) is 0 Å². The lowest BCUT2D eigenvalue weighted by molar-refractivity contribution is 0.953. The molecule has 1 nitrogen and oxygen atoms in total. The Hall–Kier alpha value is -1.07. The number of nitrogens with zero attached hydrogens (tertiary/aromatic N) is 1. The molecular weight excluding hydrogens is 201 g/mol. The molecule has 0 bridgehead atoms. The highest BCUT2D eigenvalue weighted by molar-refractivity contribution is 7.31. The Morgan fingerprint density at radius 2 is 2.00 bits per heavy atom. The third kappa shape index (κ3) is 1.52. The Balaban J connectivity index is 2.88. The highest BCUT2D eigenvalue weighted by Gasteiger charge is 2.08. The first kappa shape index (κ1) is 10.4. The number of hydrogen-bond donors (Lipinski definition) is 0. The van der Waals surface area contributed by atoms with Crippen LogP contribution in [-0.2, 0) is 7.05 Å². The first-order chi connectivity index (χ1) is 7.02. The Bertz CT molecular complexity index is 549. The second-order valence-electron chi connectivity index (χ2n) is 4.05. The molecule has 1 aromatic carbocycles. The van der Waals surface area contributed by atoms with E-state index in [0.717, 1.165) is 5.31 Å². The third-order valence-corrected chi connectivity index (χ3v) is 3.39. The fourth-order valence-electron chi connectivity index (χ4n) is 1.97. The van der Waals surface area contributed by atoms with E-state index in [1.54, 1.807) is 0 Å². The summed E-state index contributed by atoms with van der Waals surface area (Å²) in [6.45, 7) is 8.30. The van der Waals surface area contributed by atoms with Crippen LogP contribution in [-0.4, -0.2) is 4.57 Å². The topological polar surface area (TPSA) is 4.93 Å². The highest BCUT2D eigenvalue weighted by atomic mass is 31.0. The van der Waals surface area contributed by atoms with Crippen molar-refractivity contribution in [1.29, 1.82) is 0 Å². The van der Waals surface area contributed by atoms with E-state index >= 15 is 0 Å². The van der Waals surface area contributed by atoms with Crippen molar-refractivity contribution in [3.63, 3.8) is 0 Å². The molecule has 2 heteroatoms. The van der Waals surface area contributed by atoms with Gasteiger partial charge in [-0.15, -0.1) is 9.24 Å². The minimum atomic E-state index is 1.03. The first-order valence-electron chi connectivity index (χ1n) is 5.02. The van der Waals surface area contributed by atoms with Crippen LogP contribution in [0.5, 0.6) is 0 Å². The van der Waals surface area contributed by atoms with Gasteiger partial charge < -0.3 is 4.57 Å². The molecular formula is C13H16NP. The lowest BCUT2D eigenvalue weighted by Gasteiger charge is -2.04. The summed E-state index contributed by atoms with van der Waals surface area (Å²) in [7, 11) is 4.75. The molecule has 0 radical (unpaired) electrons. The number of fused-ring (bicyclic) bond motifs is 1. The smallest absolute Gasteiger partial charge is 0.0485 e. The fourth-order valence-corrected chi connectivity index (χ4v) is 2.25. The van der Waals surface area contributed by atoms with E-state index in [2.05, 4.69) is 59.5 Å². The normalized spacial score (nSPS) is 10.9. The molecule has 0 aliphatic heterocycles. The zero-order valence-corrected chi connectivity index (χ0v) is 10.6. The van der Waals surface area contributed by atoms with Crippen molar-refractivity contribution in [2.75, 3.05) is 0 Å². The Morgan fingerprint density at radius 3 is 2.60 bits per heavy atom. The molecule has 0 aliphatic rings. The predicted molar refractivity (Wildman–Crippen MR) is 71.1 cm³/mol. The van der Waals surface area contributed by atoms with E-state index < -0.39 is 0 Å². The van der Waals surface area contributed by atoms with E-state index in [4.69, 9.17) is 0 Å². The summed E-state index contributed by atoms with van der Waals surface area (Å²) < 4.78 is 2.19. The average molecular weight is 217 g/mol. The van der Waals surface area contributed by atoms with Gasteiger partial charge in [-0.05, 0) is 42.4 Å². The SMILES string of the molecule is C=C(P)c1cc2c(C)c(C)ccc2n1C. The van der Waals surface area contributed by atoms with Crippen LogP contribution < -0.4 is 0 Å². The van der Waals surface area contributed by atoms with Crippen LogP contribution in [0.25, 0.3) is 16.2 Å². The van der Waals surface area contributed by atoms with Crippen molar-refractivity contribution >= 4 is 25.5 Å². The summed E-state index contributed by atoms with van der Waals surface area (Å²) in [5.41, 5.74) is 5.16. The van der Waals surface area contributed by atoms with Gasteiger partial charge in [-0.2, -0.15) is 0 Å². The summed E-state index contributed by atoms with van der Waals surface area (Å²) in [5.74, 6) is 0. The van der Waals surface area contributed by atoms with E-state index in [1.165, 1.54) is 27.7 Å². The van der Waals surface area contributed by atoms with Gasteiger partial charge in [-0.1, -0.05) is 12.6 Å². The molecule has 2 aromatic rings. The van der Waals surface area contributed by atoms with Crippen LogP contribution in [0.4, 0.5) is 0 Å². The van der Waals surface area contributed by atoms with Crippen LogP contribution in [0.15, 0.2) is 24.8 Å². The van der Waals surface area contributed by atoms with Crippen LogP contribution in [0.2, 0.25) is 0 Å². The average Bonchev–Trinajstić information content (AvgIpc) is 2.51. The maximum Gasteiger partial charge on any atom is 0.0485 e.